The Hall–Kier alpha value is -2.02. The lowest BCUT2D eigenvalue weighted by Crippen LogP contribution is -2.29. The molecule has 0 spiro atoms. The van der Waals surface area contributed by atoms with Crippen molar-refractivity contribution in [2.75, 3.05) is 29.1 Å². The van der Waals surface area contributed by atoms with E-state index in [2.05, 4.69) is 44.0 Å². The van der Waals surface area contributed by atoms with Gasteiger partial charge in [-0.25, -0.2) is 0 Å². The molecule has 144 valence electrons. The van der Waals surface area contributed by atoms with Gasteiger partial charge < -0.3 is 14.8 Å². The van der Waals surface area contributed by atoms with Crippen molar-refractivity contribution in [1.82, 2.24) is 14.8 Å². The minimum absolute atomic E-state index is 0.00986. The van der Waals surface area contributed by atoms with Gasteiger partial charge in [0.25, 0.3) is 0 Å². The zero-order valence-electron chi connectivity index (χ0n) is 15.9. The van der Waals surface area contributed by atoms with Crippen LogP contribution < -0.4 is 10.2 Å². The molecule has 1 saturated carbocycles. The number of benzene rings is 1. The monoisotopic (exact) mass is 385 g/mol. The van der Waals surface area contributed by atoms with Crippen molar-refractivity contribution >= 4 is 29.0 Å². The van der Waals surface area contributed by atoms with Gasteiger partial charge in [0.1, 0.15) is 5.82 Å². The first kappa shape index (κ1) is 18.3. The van der Waals surface area contributed by atoms with Crippen LogP contribution in [0.5, 0.6) is 0 Å². The predicted molar refractivity (Wildman–Crippen MR) is 110 cm³/mol. The zero-order valence-corrected chi connectivity index (χ0v) is 16.7. The molecule has 2 fully saturated rings. The average Bonchev–Trinajstić information content (AvgIpc) is 3.47. The molecule has 0 atom stereocenters. The molecule has 0 unspecified atom stereocenters. The molecule has 2 aliphatic rings. The first-order chi connectivity index (χ1) is 13.2. The Balaban J connectivity index is 1.30. The molecule has 2 heterocycles. The van der Waals surface area contributed by atoms with Gasteiger partial charge in [0.15, 0.2) is 5.16 Å². The van der Waals surface area contributed by atoms with Gasteiger partial charge in [0.2, 0.25) is 5.91 Å². The highest BCUT2D eigenvalue weighted by Crippen LogP contribution is 2.40. The van der Waals surface area contributed by atoms with Crippen LogP contribution in [0.15, 0.2) is 29.4 Å². The van der Waals surface area contributed by atoms with Crippen LogP contribution in [0.25, 0.3) is 0 Å². The normalized spacial score (nSPS) is 17.1. The highest BCUT2D eigenvalue weighted by Gasteiger charge is 2.30. The molecule has 7 heteroatoms. The number of thioether (sulfide) groups is 1. The standard InChI is InChI=1S/C20H27N5OS/c1-2-25-19(15-6-7-15)22-23-20(25)27-14-18(26)21-16-8-10-17(11-9-16)24-12-4-3-5-13-24/h8-11,15H,2-7,12-14H2,1H3,(H,21,26). The maximum atomic E-state index is 12.3. The van der Waals surface area contributed by atoms with Gasteiger partial charge in [-0.2, -0.15) is 0 Å². The summed E-state index contributed by atoms with van der Waals surface area (Å²) >= 11 is 1.46. The van der Waals surface area contributed by atoms with E-state index in [1.54, 1.807) is 0 Å². The number of carbonyl (C=O) groups is 1. The van der Waals surface area contributed by atoms with Crippen LogP contribution in [0.3, 0.4) is 0 Å². The second-order valence-corrected chi connectivity index (χ2v) is 8.23. The number of aromatic nitrogens is 3. The molecule has 2 aromatic rings. The molecule has 4 rings (SSSR count). The first-order valence-electron chi connectivity index (χ1n) is 9.95. The maximum Gasteiger partial charge on any atom is 0.234 e. The summed E-state index contributed by atoms with van der Waals surface area (Å²) in [6.45, 7) is 5.20. The molecule has 27 heavy (non-hydrogen) atoms. The van der Waals surface area contributed by atoms with Crippen molar-refractivity contribution in [3.8, 4) is 0 Å². The van der Waals surface area contributed by atoms with Crippen LogP contribution >= 0.6 is 11.8 Å². The van der Waals surface area contributed by atoms with Gasteiger partial charge in [0.05, 0.1) is 5.75 Å². The van der Waals surface area contributed by atoms with E-state index in [1.807, 2.05) is 12.1 Å². The van der Waals surface area contributed by atoms with Crippen molar-refractivity contribution in [3.05, 3.63) is 30.1 Å². The molecule has 0 radical (unpaired) electrons. The Morgan fingerprint density at radius 2 is 1.89 bits per heavy atom. The largest absolute Gasteiger partial charge is 0.372 e. The summed E-state index contributed by atoms with van der Waals surface area (Å²) < 4.78 is 2.14. The smallest absolute Gasteiger partial charge is 0.234 e. The van der Waals surface area contributed by atoms with Crippen LogP contribution in [0.2, 0.25) is 0 Å². The summed E-state index contributed by atoms with van der Waals surface area (Å²) in [5.74, 6) is 1.98. The third-order valence-electron chi connectivity index (χ3n) is 5.21. The lowest BCUT2D eigenvalue weighted by molar-refractivity contribution is -0.113. The number of anilines is 2. The molecule has 1 aromatic carbocycles. The fourth-order valence-electron chi connectivity index (χ4n) is 3.58. The van der Waals surface area contributed by atoms with Crippen LogP contribution in [0.1, 0.15) is 50.8 Å². The van der Waals surface area contributed by atoms with Gasteiger partial charge in [-0.3, -0.25) is 4.79 Å². The number of hydrogen-bond donors (Lipinski definition) is 1. The SMILES string of the molecule is CCn1c(SCC(=O)Nc2ccc(N3CCCCC3)cc2)nnc1C1CC1. The topological polar surface area (TPSA) is 63.1 Å². The van der Waals surface area contributed by atoms with Gasteiger partial charge >= 0.3 is 0 Å². The summed E-state index contributed by atoms with van der Waals surface area (Å²) in [5, 5.41) is 12.4. The lowest BCUT2D eigenvalue weighted by Gasteiger charge is -2.28. The third-order valence-corrected chi connectivity index (χ3v) is 6.18. The average molecular weight is 386 g/mol. The predicted octanol–water partition coefficient (Wildman–Crippen LogP) is 3.90. The summed E-state index contributed by atoms with van der Waals surface area (Å²) in [7, 11) is 0. The number of carbonyl (C=O) groups excluding carboxylic acids is 1. The van der Waals surface area contributed by atoms with E-state index in [0.29, 0.717) is 11.7 Å². The minimum atomic E-state index is -0.00986. The van der Waals surface area contributed by atoms with Gasteiger partial charge in [-0.15, -0.1) is 10.2 Å². The van der Waals surface area contributed by atoms with Crippen molar-refractivity contribution < 1.29 is 4.79 Å². The molecule has 1 aromatic heterocycles. The van der Waals surface area contributed by atoms with E-state index in [4.69, 9.17) is 0 Å². The van der Waals surface area contributed by atoms with Crippen LogP contribution in [0.4, 0.5) is 11.4 Å². The number of hydrogen-bond acceptors (Lipinski definition) is 5. The summed E-state index contributed by atoms with van der Waals surface area (Å²) in [6.07, 6.45) is 6.27. The molecular formula is C20H27N5OS. The van der Waals surface area contributed by atoms with E-state index in [0.717, 1.165) is 36.3 Å². The molecule has 1 saturated heterocycles. The highest BCUT2D eigenvalue weighted by molar-refractivity contribution is 7.99. The van der Waals surface area contributed by atoms with E-state index >= 15 is 0 Å². The number of amides is 1. The number of rotatable bonds is 7. The molecule has 1 aliphatic heterocycles. The van der Waals surface area contributed by atoms with Crippen molar-refractivity contribution in [2.24, 2.45) is 0 Å². The Bertz CT molecular complexity index is 778. The second-order valence-electron chi connectivity index (χ2n) is 7.29. The van der Waals surface area contributed by atoms with Gasteiger partial charge in [0, 0.05) is 36.9 Å². The number of nitrogens with one attached hydrogen (secondary N) is 1. The molecule has 1 amide bonds. The number of nitrogens with zero attached hydrogens (tertiary/aromatic N) is 4. The fourth-order valence-corrected chi connectivity index (χ4v) is 4.39. The Labute approximate surface area is 164 Å². The van der Waals surface area contributed by atoms with Crippen molar-refractivity contribution in [2.45, 2.75) is 56.6 Å². The molecule has 0 bridgehead atoms. The van der Waals surface area contributed by atoms with Gasteiger partial charge in [-0.1, -0.05) is 11.8 Å². The number of piperidine rings is 1. The highest BCUT2D eigenvalue weighted by atomic mass is 32.2. The van der Waals surface area contributed by atoms with Crippen LogP contribution in [0, 0.1) is 0 Å². The van der Waals surface area contributed by atoms with E-state index in [-0.39, 0.29) is 5.91 Å². The molecule has 1 N–H and O–H groups in total. The lowest BCUT2D eigenvalue weighted by atomic mass is 10.1. The quantitative estimate of drug-likeness (QED) is 0.733. The van der Waals surface area contributed by atoms with E-state index in [1.165, 1.54) is 49.6 Å². The zero-order chi connectivity index (χ0) is 18.6. The van der Waals surface area contributed by atoms with E-state index in [9.17, 15) is 4.79 Å². The summed E-state index contributed by atoms with van der Waals surface area (Å²) in [5.41, 5.74) is 2.09. The van der Waals surface area contributed by atoms with Crippen molar-refractivity contribution in [1.29, 1.82) is 0 Å². The fraction of sp³-hybridized carbons (Fsp3) is 0.550. The molecule has 6 nitrogen and oxygen atoms in total. The van der Waals surface area contributed by atoms with Gasteiger partial charge in [-0.05, 0) is 63.3 Å². The minimum Gasteiger partial charge on any atom is -0.372 e. The third kappa shape index (κ3) is 4.46. The summed E-state index contributed by atoms with van der Waals surface area (Å²) in [6, 6.07) is 8.19. The Morgan fingerprint density at radius 3 is 2.56 bits per heavy atom. The molecule has 1 aliphatic carbocycles. The Kier molecular flexibility index (Phi) is 5.66. The second kappa shape index (κ2) is 8.33. The van der Waals surface area contributed by atoms with E-state index < -0.39 is 0 Å². The van der Waals surface area contributed by atoms with Crippen LogP contribution in [-0.2, 0) is 11.3 Å². The van der Waals surface area contributed by atoms with Crippen molar-refractivity contribution in [3.63, 3.8) is 0 Å². The maximum absolute atomic E-state index is 12.3. The van der Waals surface area contributed by atoms with Crippen LogP contribution in [-0.4, -0.2) is 39.5 Å². The summed E-state index contributed by atoms with van der Waals surface area (Å²) in [4.78, 5) is 14.7. The first-order valence-corrected chi connectivity index (χ1v) is 10.9. The molecular weight excluding hydrogens is 358 g/mol. The Morgan fingerprint density at radius 1 is 1.15 bits per heavy atom.